The summed E-state index contributed by atoms with van der Waals surface area (Å²) in [5.41, 5.74) is 0.950. The zero-order chi connectivity index (χ0) is 14.6. The fourth-order valence-electron chi connectivity index (χ4n) is 1.50. The van der Waals surface area contributed by atoms with Gasteiger partial charge in [0.05, 0.1) is 5.02 Å². The van der Waals surface area contributed by atoms with Gasteiger partial charge in [-0.2, -0.15) is 0 Å². The van der Waals surface area contributed by atoms with Crippen LogP contribution < -0.4 is 10.0 Å². The van der Waals surface area contributed by atoms with Crippen molar-refractivity contribution in [3.63, 3.8) is 0 Å². The molecule has 1 aromatic rings. The lowest BCUT2D eigenvalue weighted by atomic mass is 10.0. The molecule has 0 spiro atoms. The van der Waals surface area contributed by atoms with Gasteiger partial charge in [0.15, 0.2) is 0 Å². The maximum Gasteiger partial charge on any atom is 0.242 e. The summed E-state index contributed by atoms with van der Waals surface area (Å²) in [6.07, 6.45) is 0. The molecule has 1 rings (SSSR count). The molecule has 0 heterocycles. The Labute approximate surface area is 132 Å². The lowest BCUT2D eigenvalue weighted by Crippen LogP contribution is -2.37. The largest absolute Gasteiger partial charge is 0.316 e. The molecule has 1 unspecified atom stereocenters. The summed E-state index contributed by atoms with van der Waals surface area (Å²) in [5.74, 6) is 0.252. The normalized spacial score (nSPS) is 13.1. The molecule has 0 aliphatic heterocycles. The zero-order valence-electron chi connectivity index (χ0n) is 12.1. The lowest BCUT2D eigenvalue weighted by molar-refractivity contribution is 0.554. The quantitative estimate of drug-likeness (QED) is 0.837. The first-order chi connectivity index (χ1) is 8.77. The van der Waals surface area contributed by atoms with E-state index in [0.717, 1.165) is 5.56 Å². The topological polar surface area (TPSA) is 58.2 Å². The molecule has 20 heavy (non-hydrogen) atoms. The summed E-state index contributed by atoms with van der Waals surface area (Å²) in [6, 6.07) is 5.18. The third-order valence-electron chi connectivity index (χ3n) is 2.98. The Hall–Kier alpha value is -0.330. The van der Waals surface area contributed by atoms with Gasteiger partial charge in [0.25, 0.3) is 0 Å². The molecule has 7 heteroatoms. The Morgan fingerprint density at radius 2 is 1.85 bits per heavy atom. The number of hydrogen-bond donors (Lipinski definition) is 2. The van der Waals surface area contributed by atoms with Gasteiger partial charge >= 0.3 is 0 Å². The van der Waals surface area contributed by atoms with E-state index in [2.05, 4.69) is 10.0 Å². The molecule has 1 atom stereocenters. The van der Waals surface area contributed by atoms with Gasteiger partial charge in [-0.3, -0.25) is 0 Å². The molecule has 0 saturated carbocycles. The van der Waals surface area contributed by atoms with Crippen molar-refractivity contribution in [2.24, 2.45) is 0 Å². The van der Waals surface area contributed by atoms with E-state index < -0.39 is 10.0 Å². The molecule has 1 aromatic carbocycles. The molecule has 0 aliphatic carbocycles. The van der Waals surface area contributed by atoms with Crippen LogP contribution in [0.15, 0.2) is 23.1 Å². The number of nitrogens with one attached hydrogen (secondary N) is 2. The first kappa shape index (κ1) is 19.7. The molecule has 0 saturated heterocycles. The fraction of sp³-hybridized carbons (Fsp3) is 0.538. The van der Waals surface area contributed by atoms with Crippen molar-refractivity contribution in [1.82, 2.24) is 10.0 Å². The highest BCUT2D eigenvalue weighted by molar-refractivity contribution is 7.89. The molecular weight excluding hydrogens is 319 g/mol. The molecule has 0 radical (unpaired) electrons. The second kappa shape index (κ2) is 8.20. The van der Waals surface area contributed by atoms with E-state index in [9.17, 15) is 8.42 Å². The van der Waals surface area contributed by atoms with Crippen molar-refractivity contribution in [3.05, 3.63) is 28.8 Å². The highest BCUT2D eigenvalue weighted by atomic mass is 35.5. The molecule has 0 aliphatic rings. The van der Waals surface area contributed by atoms with Crippen LogP contribution in [0.1, 0.15) is 32.3 Å². The third kappa shape index (κ3) is 5.22. The SMILES string of the molecule is CNC(C)CNS(=O)(=O)c1cc(C(C)C)ccc1Cl.Cl. The molecular formula is C13H22Cl2N2O2S. The van der Waals surface area contributed by atoms with E-state index in [1.54, 1.807) is 19.2 Å². The van der Waals surface area contributed by atoms with Gasteiger partial charge in [-0.15, -0.1) is 12.4 Å². The minimum atomic E-state index is -3.57. The van der Waals surface area contributed by atoms with Gasteiger partial charge in [-0.05, 0) is 37.6 Å². The Bertz CT molecular complexity index is 533. The second-order valence-corrected chi connectivity index (χ2v) is 7.03. The van der Waals surface area contributed by atoms with E-state index in [1.807, 2.05) is 26.8 Å². The Balaban J connectivity index is 0.00000361. The van der Waals surface area contributed by atoms with Crippen LogP contribution in [-0.2, 0) is 10.0 Å². The first-order valence-electron chi connectivity index (χ1n) is 6.24. The fourth-order valence-corrected chi connectivity index (χ4v) is 3.16. The highest BCUT2D eigenvalue weighted by Crippen LogP contribution is 2.25. The van der Waals surface area contributed by atoms with Crippen LogP contribution >= 0.6 is 24.0 Å². The molecule has 0 bridgehead atoms. The lowest BCUT2D eigenvalue weighted by Gasteiger charge is -2.14. The predicted molar refractivity (Wildman–Crippen MR) is 86.5 cm³/mol. The standard InChI is InChI=1S/C13H21ClN2O2S.ClH/c1-9(2)11-5-6-12(14)13(7-11)19(17,18)16-8-10(3)15-4;/h5-7,9-10,15-16H,8H2,1-4H3;1H. The first-order valence-corrected chi connectivity index (χ1v) is 8.10. The average molecular weight is 341 g/mol. The number of likely N-dealkylation sites (N-methyl/N-ethyl adjacent to an activating group) is 1. The summed E-state index contributed by atoms with van der Waals surface area (Å²) in [7, 11) is -1.79. The van der Waals surface area contributed by atoms with Crippen molar-refractivity contribution in [1.29, 1.82) is 0 Å². The monoisotopic (exact) mass is 340 g/mol. The Kier molecular flexibility index (Phi) is 8.06. The van der Waals surface area contributed by atoms with Crippen molar-refractivity contribution in [3.8, 4) is 0 Å². The number of sulfonamides is 1. The van der Waals surface area contributed by atoms with Gasteiger partial charge < -0.3 is 5.32 Å². The molecule has 0 fully saturated rings. The molecule has 2 N–H and O–H groups in total. The van der Waals surface area contributed by atoms with E-state index >= 15 is 0 Å². The van der Waals surface area contributed by atoms with Gasteiger partial charge in [-0.1, -0.05) is 31.5 Å². The zero-order valence-corrected chi connectivity index (χ0v) is 14.5. The minimum absolute atomic E-state index is 0. The molecule has 116 valence electrons. The van der Waals surface area contributed by atoms with Crippen molar-refractivity contribution >= 4 is 34.0 Å². The van der Waals surface area contributed by atoms with E-state index in [1.165, 1.54) is 0 Å². The maximum absolute atomic E-state index is 12.2. The average Bonchev–Trinajstić information content (AvgIpc) is 2.36. The summed E-state index contributed by atoms with van der Waals surface area (Å²) >= 11 is 6.00. The number of benzene rings is 1. The van der Waals surface area contributed by atoms with Gasteiger partial charge in [0.1, 0.15) is 4.90 Å². The highest BCUT2D eigenvalue weighted by Gasteiger charge is 2.19. The van der Waals surface area contributed by atoms with Crippen molar-refractivity contribution in [2.45, 2.75) is 37.6 Å². The van der Waals surface area contributed by atoms with Crippen LogP contribution in [-0.4, -0.2) is 28.1 Å². The van der Waals surface area contributed by atoms with Crippen LogP contribution in [0.2, 0.25) is 5.02 Å². The number of hydrogen-bond acceptors (Lipinski definition) is 3. The smallest absolute Gasteiger partial charge is 0.242 e. The van der Waals surface area contributed by atoms with Crippen LogP contribution in [0.5, 0.6) is 0 Å². The summed E-state index contributed by atoms with van der Waals surface area (Å²) in [5, 5.41) is 3.22. The van der Waals surface area contributed by atoms with Crippen LogP contribution in [0.4, 0.5) is 0 Å². The minimum Gasteiger partial charge on any atom is -0.316 e. The third-order valence-corrected chi connectivity index (χ3v) is 4.89. The van der Waals surface area contributed by atoms with Gasteiger partial charge in [-0.25, -0.2) is 13.1 Å². The van der Waals surface area contributed by atoms with E-state index in [4.69, 9.17) is 11.6 Å². The molecule has 0 amide bonds. The van der Waals surface area contributed by atoms with Crippen LogP contribution in [0.25, 0.3) is 0 Å². The van der Waals surface area contributed by atoms with E-state index in [-0.39, 0.29) is 34.3 Å². The summed E-state index contributed by atoms with van der Waals surface area (Å²) < 4.78 is 27.0. The van der Waals surface area contributed by atoms with Gasteiger partial charge in [0, 0.05) is 12.6 Å². The second-order valence-electron chi connectivity index (χ2n) is 4.89. The maximum atomic E-state index is 12.2. The Morgan fingerprint density at radius 1 is 1.25 bits per heavy atom. The van der Waals surface area contributed by atoms with Crippen LogP contribution in [0.3, 0.4) is 0 Å². The Morgan fingerprint density at radius 3 is 2.35 bits per heavy atom. The predicted octanol–water partition coefficient (Wildman–Crippen LogP) is 2.77. The van der Waals surface area contributed by atoms with Crippen molar-refractivity contribution < 1.29 is 8.42 Å². The van der Waals surface area contributed by atoms with Crippen LogP contribution in [0, 0.1) is 0 Å². The number of halogens is 2. The summed E-state index contributed by atoms with van der Waals surface area (Å²) in [4.78, 5) is 0.142. The molecule has 0 aromatic heterocycles. The molecule has 4 nitrogen and oxygen atoms in total. The van der Waals surface area contributed by atoms with Gasteiger partial charge in [0.2, 0.25) is 10.0 Å². The van der Waals surface area contributed by atoms with E-state index in [0.29, 0.717) is 6.54 Å². The summed E-state index contributed by atoms with van der Waals surface area (Å²) in [6.45, 7) is 6.24. The van der Waals surface area contributed by atoms with Crippen molar-refractivity contribution in [2.75, 3.05) is 13.6 Å². The number of rotatable bonds is 6.